The third-order valence-corrected chi connectivity index (χ3v) is 3.78. The molecule has 20 heavy (non-hydrogen) atoms. The highest BCUT2D eigenvalue weighted by Gasteiger charge is 2.07. The second kappa shape index (κ2) is 5.56. The van der Waals surface area contributed by atoms with E-state index in [2.05, 4.69) is 27.3 Å². The maximum atomic E-state index is 6.10. The number of hydrogen-bond donors (Lipinski definition) is 1. The molecule has 0 aliphatic rings. The Balaban J connectivity index is 1.80. The molecule has 0 atom stereocenters. The molecule has 0 amide bonds. The number of nitrogens with two attached hydrogens (primary N) is 1. The van der Waals surface area contributed by atoms with E-state index in [1.165, 1.54) is 0 Å². The molecule has 0 bridgehead atoms. The van der Waals surface area contributed by atoms with Crippen LogP contribution >= 0.6 is 11.3 Å². The summed E-state index contributed by atoms with van der Waals surface area (Å²) in [7, 11) is 2.06. The van der Waals surface area contributed by atoms with Gasteiger partial charge in [0.15, 0.2) is 0 Å². The van der Waals surface area contributed by atoms with Crippen molar-refractivity contribution in [3.63, 3.8) is 0 Å². The Bertz CT molecular complexity index is 709. The van der Waals surface area contributed by atoms with E-state index in [0.29, 0.717) is 0 Å². The minimum atomic E-state index is 0.757. The predicted molar refractivity (Wildman–Crippen MR) is 83.4 cm³/mol. The lowest BCUT2D eigenvalue weighted by atomic mass is 10.1. The van der Waals surface area contributed by atoms with Gasteiger partial charge in [-0.3, -0.25) is 9.88 Å². The van der Waals surface area contributed by atoms with Gasteiger partial charge < -0.3 is 5.73 Å². The van der Waals surface area contributed by atoms with E-state index in [4.69, 9.17) is 5.73 Å². The normalized spacial score (nSPS) is 11.3. The number of fused-ring (bicyclic) bond motifs is 1. The summed E-state index contributed by atoms with van der Waals surface area (Å²) in [5, 5.41) is 3.08. The van der Waals surface area contributed by atoms with Crippen molar-refractivity contribution in [1.82, 2.24) is 14.9 Å². The molecule has 3 aromatic rings. The smallest absolute Gasteiger partial charge is 0.0795 e. The van der Waals surface area contributed by atoms with Gasteiger partial charge in [0.05, 0.1) is 22.4 Å². The molecule has 3 rings (SSSR count). The van der Waals surface area contributed by atoms with Crippen LogP contribution in [0.1, 0.15) is 11.4 Å². The lowest BCUT2D eigenvalue weighted by molar-refractivity contribution is 0.312. The summed E-state index contributed by atoms with van der Waals surface area (Å²) in [4.78, 5) is 11.1. The van der Waals surface area contributed by atoms with Gasteiger partial charge >= 0.3 is 0 Å². The van der Waals surface area contributed by atoms with Crippen molar-refractivity contribution in [1.29, 1.82) is 0 Å². The highest BCUT2D eigenvalue weighted by atomic mass is 32.1. The monoisotopic (exact) mass is 284 g/mol. The van der Waals surface area contributed by atoms with E-state index in [0.717, 1.165) is 41.1 Å². The zero-order valence-corrected chi connectivity index (χ0v) is 12.1. The number of para-hydroxylation sites is 1. The van der Waals surface area contributed by atoms with Crippen molar-refractivity contribution in [3.8, 4) is 0 Å². The zero-order valence-electron chi connectivity index (χ0n) is 11.3. The first-order valence-electron chi connectivity index (χ1n) is 6.42. The topological polar surface area (TPSA) is 55.0 Å². The second-order valence-electron chi connectivity index (χ2n) is 4.87. The first-order chi connectivity index (χ1) is 9.72. The highest BCUT2D eigenvalue weighted by molar-refractivity contribution is 7.07. The fourth-order valence-corrected chi connectivity index (χ4v) is 2.81. The molecule has 4 nitrogen and oxygen atoms in total. The molecule has 0 unspecified atom stereocenters. The van der Waals surface area contributed by atoms with Gasteiger partial charge in [-0.2, -0.15) is 0 Å². The van der Waals surface area contributed by atoms with Crippen LogP contribution in [0.25, 0.3) is 10.9 Å². The number of hydrogen-bond acceptors (Lipinski definition) is 5. The van der Waals surface area contributed by atoms with E-state index < -0.39 is 0 Å². The van der Waals surface area contributed by atoms with E-state index >= 15 is 0 Å². The van der Waals surface area contributed by atoms with Gasteiger partial charge in [0.25, 0.3) is 0 Å². The minimum Gasteiger partial charge on any atom is -0.398 e. The molecule has 2 aromatic heterocycles. The van der Waals surface area contributed by atoms with Crippen LogP contribution in [-0.2, 0) is 13.1 Å². The zero-order chi connectivity index (χ0) is 13.9. The number of nitrogen functional groups attached to an aromatic ring is 1. The van der Waals surface area contributed by atoms with E-state index in [-0.39, 0.29) is 0 Å². The van der Waals surface area contributed by atoms with Crippen molar-refractivity contribution >= 4 is 27.9 Å². The number of pyridine rings is 1. The molecule has 102 valence electrons. The summed E-state index contributed by atoms with van der Waals surface area (Å²) in [5.74, 6) is 0. The molecular weight excluding hydrogens is 268 g/mol. The fourth-order valence-electron chi connectivity index (χ4n) is 2.27. The third kappa shape index (κ3) is 2.79. The first kappa shape index (κ1) is 13.0. The fraction of sp³-hybridized carbons (Fsp3) is 0.200. The number of aromatic nitrogens is 2. The van der Waals surface area contributed by atoms with Crippen LogP contribution in [0.3, 0.4) is 0 Å². The Morgan fingerprint density at radius 1 is 1.20 bits per heavy atom. The van der Waals surface area contributed by atoms with Gasteiger partial charge in [-0.15, -0.1) is 11.3 Å². The van der Waals surface area contributed by atoms with E-state index in [1.807, 2.05) is 35.8 Å². The average Bonchev–Trinajstić information content (AvgIpc) is 2.91. The van der Waals surface area contributed by atoms with Crippen molar-refractivity contribution in [2.45, 2.75) is 13.1 Å². The number of rotatable bonds is 4. The van der Waals surface area contributed by atoms with Crippen LogP contribution in [0.4, 0.5) is 5.69 Å². The van der Waals surface area contributed by atoms with Crippen molar-refractivity contribution < 1.29 is 0 Å². The summed E-state index contributed by atoms with van der Waals surface area (Å²) >= 11 is 1.62. The summed E-state index contributed by atoms with van der Waals surface area (Å²) in [6.45, 7) is 1.57. The Morgan fingerprint density at radius 3 is 2.80 bits per heavy atom. The Hall–Kier alpha value is -1.98. The summed E-state index contributed by atoms with van der Waals surface area (Å²) < 4.78 is 0. The van der Waals surface area contributed by atoms with Crippen LogP contribution in [0.15, 0.2) is 41.2 Å². The minimum absolute atomic E-state index is 0.757. The molecule has 2 N–H and O–H groups in total. The summed E-state index contributed by atoms with van der Waals surface area (Å²) in [5.41, 5.74) is 11.8. The predicted octanol–water partition coefficient (Wildman–Crippen LogP) is 2.91. The molecule has 5 heteroatoms. The lowest BCUT2D eigenvalue weighted by Gasteiger charge is -2.15. The maximum Gasteiger partial charge on any atom is 0.0795 e. The molecule has 2 heterocycles. The van der Waals surface area contributed by atoms with Crippen molar-refractivity contribution in [2.24, 2.45) is 0 Å². The van der Waals surface area contributed by atoms with Gasteiger partial charge in [0.2, 0.25) is 0 Å². The van der Waals surface area contributed by atoms with Crippen LogP contribution in [-0.4, -0.2) is 21.9 Å². The van der Waals surface area contributed by atoms with E-state index in [9.17, 15) is 0 Å². The largest absolute Gasteiger partial charge is 0.398 e. The second-order valence-corrected chi connectivity index (χ2v) is 5.59. The molecule has 0 aliphatic heterocycles. The summed E-state index contributed by atoms with van der Waals surface area (Å²) in [6, 6.07) is 9.92. The van der Waals surface area contributed by atoms with Gasteiger partial charge in [-0.25, -0.2) is 4.98 Å². The average molecular weight is 284 g/mol. The Kier molecular flexibility index (Phi) is 3.62. The van der Waals surface area contributed by atoms with Crippen LogP contribution < -0.4 is 5.73 Å². The van der Waals surface area contributed by atoms with Gasteiger partial charge in [0.1, 0.15) is 0 Å². The van der Waals surface area contributed by atoms with Gasteiger partial charge in [-0.1, -0.05) is 18.2 Å². The molecular formula is C15H16N4S. The Labute approximate surface area is 121 Å². The Morgan fingerprint density at radius 2 is 2.00 bits per heavy atom. The molecule has 0 saturated carbocycles. The lowest BCUT2D eigenvalue weighted by Crippen LogP contribution is -2.18. The van der Waals surface area contributed by atoms with Crippen LogP contribution in [0.2, 0.25) is 0 Å². The van der Waals surface area contributed by atoms with E-state index in [1.54, 1.807) is 11.3 Å². The molecule has 0 aliphatic carbocycles. The molecule has 0 fully saturated rings. The number of thiazole rings is 1. The number of anilines is 1. The van der Waals surface area contributed by atoms with Crippen LogP contribution in [0, 0.1) is 0 Å². The SMILES string of the molecule is CN(Cc1cscn1)Cc1cc(N)c2ccccc2n1. The number of nitrogens with zero attached hydrogens (tertiary/aromatic N) is 3. The quantitative estimate of drug-likeness (QED) is 0.800. The van der Waals surface area contributed by atoms with Crippen molar-refractivity contribution in [2.75, 3.05) is 12.8 Å². The third-order valence-electron chi connectivity index (χ3n) is 3.15. The number of benzene rings is 1. The molecule has 0 saturated heterocycles. The van der Waals surface area contributed by atoms with Gasteiger partial charge in [-0.05, 0) is 19.2 Å². The highest BCUT2D eigenvalue weighted by Crippen LogP contribution is 2.20. The molecule has 1 aromatic carbocycles. The van der Waals surface area contributed by atoms with Crippen molar-refractivity contribution in [3.05, 3.63) is 52.6 Å². The summed E-state index contributed by atoms with van der Waals surface area (Å²) in [6.07, 6.45) is 0. The first-order valence-corrected chi connectivity index (χ1v) is 7.36. The standard InChI is InChI=1S/C15H16N4S/c1-19(8-12-9-20-10-17-12)7-11-6-14(16)13-4-2-3-5-15(13)18-11/h2-6,9-10H,7-8H2,1H3,(H2,16,18). The molecule has 0 spiro atoms. The van der Waals surface area contributed by atoms with Crippen LogP contribution in [0.5, 0.6) is 0 Å². The molecule has 0 radical (unpaired) electrons. The van der Waals surface area contributed by atoms with Gasteiger partial charge in [0, 0.05) is 29.5 Å². The maximum absolute atomic E-state index is 6.10.